The maximum absolute atomic E-state index is 13.8. The number of ether oxygens (including phenoxy) is 1. The number of rotatable bonds is 3. The number of methoxy groups -OCH3 is 1. The first kappa shape index (κ1) is 14.3. The lowest BCUT2D eigenvalue weighted by Gasteiger charge is -2.00. The summed E-state index contributed by atoms with van der Waals surface area (Å²) in [5.41, 5.74) is 0.657. The minimum atomic E-state index is -0.707. The third-order valence-corrected chi connectivity index (χ3v) is 4.31. The van der Waals surface area contributed by atoms with Crippen molar-refractivity contribution in [3.8, 4) is 0 Å². The van der Waals surface area contributed by atoms with Gasteiger partial charge in [-0.3, -0.25) is 0 Å². The molecule has 0 spiro atoms. The standard InChI is InChI=1S/C11H8F2IN2O2P/c1-18-10(17)3-2-6-4-9-7(5-8(6)12)11(13)15-16(9)19-14/h2-5,19H,1H3/b3-2+. The summed E-state index contributed by atoms with van der Waals surface area (Å²) in [6.45, 7) is 0. The number of benzene rings is 1. The summed E-state index contributed by atoms with van der Waals surface area (Å²) in [6, 6.07) is 2.52. The molecule has 0 N–H and O–H groups in total. The summed E-state index contributed by atoms with van der Waals surface area (Å²) >= 11 is 2.05. The van der Waals surface area contributed by atoms with E-state index in [2.05, 4.69) is 9.84 Å². The number of esters is 1. The molecule has 1 heterocycles. The molecule has 2 rings (SSSR count). The van der Waals surface area contributed by atoms with E-state index in [0.717, 1.165) is 12.1 Å². The number of nitrogens with zero attached hydrogens (tertiary/aromatic N) is 2. The Balaban J connectivity index is 2.54. The Hall–Kier alpha value is -1.08. The van der Waals surface area contributed by atoms with Crippen LogP contribution in [-0.2, 0) is 9.53 Å². The number of carbonyl (C=O) groups is 1. The highest BCUT2D eigenvalue weighted by Gasteiger charge is 2.13. The summed E-state index contributed by atoms with van der Waals surface area (Å²) in [4.78, 5) is 11.0. The summed E-state index contributed by atoms with van der Waals surface area (Å²) in [7, 11) is 1.23. The van der Waals surface area contributed by atoms with Gasteiger partial charge in [-0.1, -0.05) is 0 Å². The van der Waals surface area contributed by atoms with Crippen LogP contribution in [0.2, 0.25) is 0 Å². The largest absolute Gasteiger partial charge is 0.466 e. The Morgan fingerprint density at radius 2 is 2.26 bits per heavy atom. The summed E-state index contributed by atoms with van der Waals surface area (Å²) in [6.07, 6.45) is 2.58. The van der Waals surface area contributed by atoms with E-state index in [9.17, 15) is 13.6 Å². The second kappa shape index (κ2) is 5.92. The second-order valence-corrected chi connectivity index (χ2v) is 5.57. The van der Waals surface area contributed by atoms with Gasteiger partial charge in [0.05, 0.1) is 24.4 Å². The molecule has 0 radical (unpaired) electrons. The average molecular weight is 396 g/mol. The molecular weight excluding hydrogens is 388 g/mol. The van der Waals surface area contributed by atoms with Gasteiger partial charge in [-0.2, -0.15) is 4.39 Å². The van der Waals surface area contributed by atoms with Gasteiger partial charge in [-0.05, 0) is 40.2 Å². The fourth-order valence-corrected chi connectivity index (χ4v) is 3.04. The van der Waals surface area contributed by atoms with Crippen molar-refractivity contribution in [2.24, 2.45) is 0 Å². The van der Waals surface area contributed by atoms with Crippen molar-refractivity contribution in [2.75, 3.05) is 7.11 Å². The average Bonchev–Trinajstić information content (AvgIpc) is 2.72. The lowest BCUT2D eigenvalue weighted by atomic mass is 10.1. The van der Waals surface area contributed by atoms with Crippen LogP contribution >= 0.6 is 28.4 Å². The minimum absolute atomic E-state index is 0.122. The van der Waals surface area contributed by atoms with Crippen LogP contribution in [0.25, 0.3) is 17.0 Å². The van der Waals surface area contributed by atoms with Crippen molar-refractivity contribution in [3.63, 3.8) is 0 Å². The number of aromatic nitrogens is 2. The number of fused-ring (bicyclic) bond motifs is 1. The zero-order valence-electron chi connectivity index (χ0n) is 9.65. The molecule has 0 amide bonds. The molecule has 0 aliphatic heterocycles. The molecule has 0 fully saturated rings. The molecule has 1 atom stereocenters. The molecule has 2 aromatic rings. The van der Waals surface area contributed by atoms with Crippen LogP contribution in [0.15, 0.2) is 18.2 Å². The van der Waals surface area contributed by atoms with Gasteiger partial charge in [0.15, 0.2) is 0 Å². The second-order valence-electron chi connectivity index (χ2n) is 3.53. The summed E-state index contributed by atoms with van der Waals surface area (Å²) in [5.74, 6) is -1.92. The maximum atomic E-state index is 13.8. The molecule has 100 valence electrons. The van der Waals surface area contributed by atoms with E-state index in [1.807, 2.05) is 22.0 Å². The molecule has 1 aromatic heterocycles. The van der Waals surface area contributed by atoms with Crippen molar-refractivity contribution in [2.45, 2.75) is 0 Å². The lowest BCUT2D eigenvalue weighted by molar-refractivity contribution is -0.134. The van der Waals surface area contributed by atoms with Gasteiger partial charge in [0.1, 0.15) is 5.82 Å². The molecule has 0 aliphatic rings. The molecule has 0 saturated carbocycles. The predicted octanol–water partition coefficient (Wildman–Crippen LogP) is 3.29. The molecule has 19 heavy (non-hydrogen) atoms. The zero-order chi connectivity index (χ0) is 14.0. The smallest absolute Gasteiger partial charge is 0.330 e. The number of carbonyl (C=O) groups excluding carboxylic acids is 1. The predicted molar refractivity (Wildman–Crippen MR) is 78.4 cm³/mol. The van der Waals surface area contributed by atoms with Crippen LogP contribution in [0.5, 0.6) is 0 Å². The highest BCUT2D eigenvalue weighted by atomic mass is 127. The molecule has 0 saturated heterocycles. The molecule has 4 nitrogen and oxygen atoms in total. The summed E-state index contributed by atoms with van der Waals surface area (Å²) in [5, 5.41) is 3.80. The van der Waals surface area contributed by atoms with E-state index in [1.54, 1.807) is 0 Å². The van der Waals surface area contributed by atoms with Crippen LogP contribution in [0.1, 0.15) is 5.56 Å². The molecule has 8 heteroatoms. The van der Waals surface area contributed by atoms with Crippen molar-refractivity contribution in [1.29, 1.82) is 0 Å². The first-order chi connectivity index (χ1) is 9.06. The molecule has 1 unspecified atom stereocenters. The van der Waals surface area contributed by atoms with Crippen molar-refractivity contribution in [1.82, 2.24) is 9.55 Å². The Bertz CT molecular complexity index is 672. The first-order valence-electron chi connectivity index (χ1n) is 5.07. The van der Waals surface area contributed by atoms with E-state index >= 15 is 0 Å². The summed E-state index contributed by atoms with van der Waals surface area (Å²) < 4.78 is 33.1. The molecular formula is C11H8F2IN2O2P. The van der Waals surface area contributed by atoms with Crippen LogP contribution in [-0.4, -0.2) is 22.6 Å². The SMILES string of the molecule is COC(=O)/C=C/c1cc2c(cc1F)c(F)nn2PI. The quantitative estimate of drug-likeness (QED) is 0.346. The van der Waals surface area contributed by atoms with E-state index < -0.39 is 17.7 Å². The Kier molecular flexibility index (Phi) is 4.46. The topological polar surface area (TPSA) is 44.1 Å². The van der Waals surface area contributed by atoms with Gasteiger partial charge < -0.3 is 4.74 Å². The molecule has 0 bridgehead atoms. The number of hydrogen-bond acceptors (Lipinski definition) is 3. The van der Waals surface area contributed by atoms with E-state index in [0.29, 0.717) is 5.52 Å². The zero-order valence-corrected chi connectivity index (χ0v) is 12.8. The number of hydrogen-bond donors (Lipinski definition) is 0. The van der Waals surface area contributed by atoms with E-state index in [1.165, 1.54) is 23.7 Å². The third-order valence-electron chi connectivity index (χ3n) is 2.43. The van der Waals surface area contributed by atoms with Crippen LogP contribution in [0.4, 0.5) is 8.78 Å². The minimum Gasteiger partial charge on any atom is -0.466 e. The fourth-order valence-electron chi connectivity index (χ4n) is 1.53. The van der Waals surface area contributed by atoms with Crippen LogP contribution in [0, 0.1) is 11.8 Å². The van der Waals surface area contributed by atoms with E-state index in [-0.39, 0.29) is 17.3 Å². The monoisotopic (exact) mass is 396 g/mol. The van der Waals surface area contributed by atoms with Crippen molar-refractivity contribution >= 4 is 51.4 Å². The Labute approximate surface area is 122 Å². The van der Waals surface area contributed by atoms with Crippen LogP contribution in [0.3, 0.4) is 0 Å². The van der Waals surface area contributed by atoms with Gasteiger partial charge in [0, 0.05) is 11.6 Å². The highest BCUT2D eigenvalue weighted by Crippen LogP contribution is 2.31. The Morgan fingerprint density at radius 1 is 1.53 bits per heavy atom. The van der Waals surface area contributed by atoms with E-state index in [4.69, 9.17) is 0 Å². The fraction of sp³-hybridized carbons (Fsp3) is 0.0909. The number of halogens is 3. The normalized spacial score (nSPS) is 12.0. The highest BCUT2D eigenvalue weighted by molar-refractivity contribution is 14.2. The van der Waals surface area contributed by atoms with Gasteiger partial charge in [0.2, 0.25) is 5.95 Å². The first-order valence-corrected chi connectivity index (χ1v) is 9.13. The van der Waals surface area contributed by atoms with Gasteiger partial charge in [-0.25, -0.2) is 13.6 Å². The third kappa shape index (κ3) is 2.92. The van der Waals surface area contributed by atoms with Crippen molar-refractivity contribution in [3.05, 3.63) is 35.5 Å². The van der Waals surface area contributed by atoms with Gasteiger partial charge in [-0.15, -0.1) is 5.10 Å². The maximum Gasteiger partial charge on any atom is 0.330 e. The molecule has 1 aromatic carbocycles. The van der Waals surface area contributed by atoms with Crippen LogP contribution < -0.4 is 0 Å². The van der Waals surface area contributed by atoms with Gasteiger partial charge >= 0.3 is 5.97 Å². The van der Waals surface area contributed by atoms with Gasteiger partial charge in [0.25, 0.3) is 0 Å². The Morgan fingerprint density at radius 3 is 2.89 bits per heavy atom. The lowest BCUT2D eigenvalue weighted by Crippen LogP contribution is -1.94. The molecule has 0 aliphatic carbocycles. The van der Waals surface area contributed by atoms with Crippen molar-refractivity contribution < 1.29 is 18.3 Å².